The molecule has 0 fully saturated rings. The molecule has 0 spiro atoms. The lowest BCUT2D eigenvalue weighted by molar-refractivity contribution is 0.102. The summed E-state index contributed by atoms with van der Waals surface area (Å²) in [4.78, 5) is 20.3. The summed E-state index contributed by atoms with van der Waals surface area (Å²) in [7, 11) is 1.60. The quantitative estimate of drug-likeness (QED) is 0.477. The van der Waals surface area contributed by atoms with Crippen LogP contribution in [-0.2, 0) is 0 Å². The molecule has 1 aromatic heterocycles. The van der Waals surface area contributed by atoms with E-state index in [0.717, 1.165) is 11.3 Å². The van der Waals surface area contributed by atoms with E-state index in [9.17, 15) is 4.79 Å². The number of nitrogens with zero attached hydrogens (tertiary/aromatic N) is 2. The largest absolute Gasteiger partial charge is 0.497 e. The van der Waals surface area contributed by atoms with Crippen LogP contribution < -0.4 is 4.74 Å². The van der Waals surface area contributed by atoms with E-state index < -0.39 is 0 Å². The average molecular weight is 274 g/mol. The molecule has 0 aliphatic heterocycles. The van der Waals surface area contributed by atoms with Gasteiger partial charge in [0.25, 0.3) is 0 Å². The number of benzene rings is 1. The number of aryl methyl sites for hydroxylation is 1. The first-order chi connectivity index (χ1) is 9.19. The van der Waals surface area contributed by atoms with Gasteiger partial charge in [0, 0.05) is 18.0 Å². The van der Waals surface area contributed by atoms with Gasteiger partial charge in [0.1, 0.15) is 5.75 Å². The number of ketones is 1. The lowest BCUT2D eigenvalue weighted by atomic mass is 10.1. The second kappa shape index (κ2) is 6.33. The second-order valence-electron chi connectivity index (χ2n) is 3.98. The van der Waals surface area contributed by atoms with E-state index in [4.69, 9.17) is 4.74 Å². The minimum Gasteiger partial charge on any atom is -0.497 e. The minimum atomic E-state index is 0.0526. The highest BCUT2D eigenvalue weighted by Crippen LogP contribution is 2.16. The highest BCUT2D eigenvalue weighted by Gasteiger charge is 2.08. The topological polar surface area (TPSA) is 52.1 Å². The van der Waals surface area contributed by atoms with Crippen LogP contribution in [0.4, 0.5) is 0 Å². The van der Waals surface area contributed by atoms with Gasteiger partial charge in [0.05, 0.1) is 12.9 Å². The molecule has 1 aromatic carbocycles. The lowest BCUT2D eigenvalue weighted by Crippen LogP contribution is -2.03. The number of rotatable bonds is 5. The van der Waals surface area contributed by atoms with Gasteiger partial charge < -0.3 is 4.74 Å². The molecule has 0 radical (unpaired) electrons. The van der Waals surface area contributed by atoms with Crippen molar-refractivity contribution in [3.63, 3.8) is 0 Å². The number of aromatic nitrogens is 2. The smallest absolute Gasteiger partial charge is 0.187 e. The first kappa shape index (κ1) is 13.5. The number of carbonyl (C=O) groups excluding carboxylic acids is 1. The molecule has 0 saturated carbocycles. The maximum Gasteiger partial charge on any atom is 0.187 e. The van der Waals surface area contributed by atoms with Gasteiger partial charge in [0.2, 0.25) is 0 Å². The molecule has 5 heteroatoms. The van der Waals surface area contributed by atoms with Crippen LogP contribution in [0.15, 0.2) is 41.8 Å². The standard InChI is InChI=1S/C14H14N2O2S/c1-10-7-15-14(16-8-10)19-9-13(17)11-3-5-12(18-2)6-4-11/h3-8H,9H2,1-2H3. The number of ether oxygens (including phenoxy) is 1. The number of thioether (sulfide) groups is 1. The third-order valence-corrected chi connectivity index (χ3v) is 3.38. The molecule has 0 unspecified atom stereocenters. The summed E-state index contributed by atoms with van der Waals surface area (Å²) in [6.07, 6.45) is 3.49. The SMILES string of the molecule is COc1ccc(C(=O)CSc2ncc(C)cn2)cc1. The van der Waals surface area contributed by atoms with Crippen molar-refractivity contribution in [2.24, 2.45) is 0 Å². The molecule has 2 rings (SSSR count). The summed E-state index contributed by atoms with van der Waals surface area (Å²) in [6.45, 7) is 1.93. The highest BCUT2D eigenvalue weighted by atomic mass is 32.2. The summed E-state index contributed by atoms with van der Waals surface area (Å²) < 4.78 is 5.05. The Kier molecular flexibility index (Phi) is 4.52. The fourth-order valence-corrected chi connectivity index (χ4v) is 2.13. The van der Waals surface area contributed by atoms with E-state index in [-0.39, 0.29) is 5.78 Å². The van der Waals surface area contributed by atoms with Crippen molar-refractivity contribution in [3.8, 4) is 5.75 Å². The maximum atomic E-state index is 12.0. The highest BCUT2D eigenvalue weighted by molar-refractivity contribution is 7.99. The maximum absolute atomic E-state index is 12.0. The Bertz CT molecular complexity index is 553. The van der Waals surface area contributed by atoms with E-state index in [1.165, 1.54) is 11.8 Å². The zero-order valence-electron chi connectivity index (χ0n) is 10.8. The van der Waals surface area contributed by atoms with Crippen LogP contribution in [0.25, 0.3) is 0 Å². The van der Waals surface area contributed by atoms with Gasteiger partial charge in [-0.25, -0.2) is 9.97 Å². The van der Waals surface area contributed by atoms with Gasteiger partial charge in [-0.15, -0.1) is 0 Å². The van der Waals surface area contributed by atoms with Gasteiger partial charge in [-0.2, -0.15) is 0 Å². The van der Waals surface area contributed by atoms with Crippen LogP contribution >= 0.6 is 11.8 Å². The van der Waals surface area contributed by atoms with Crippen molar-refractivity contribution in [2.45, 2.75) is 12.1 Å². The number of hydrogen-bond acceptors (Lipinski definition) is 5. The number of hydrogen-bond donors (Lipinski definition) is 0. The number of carbonyl (C=O) groups is 1. The van der Waals surface area contributed by atoms with Crippen LogP contribution in [0, 0.1) is 6.92 Å². The van der Waals surface area contributed by atoms with Crippen molar-refractivity contribution >= 4 is 17.5 Å². The molecular formula is C14H14N2O2S. The van der Waals surface area contributed by atoms with Crippen LogP contribution in [0.2, 0.25) is 0 Å². The summed E-state index contributed by atoms with van der Waals surface area (Å²) in [5, 5.41) is 0.618. The van der Waals surface area contributed by atoms with Crippen molar-refractivity contribution in [2.75, 3.05) is 12.9 Å². The molecule has 0 aliphatic carbocycles. The molecule has 0 amide bonds. The molecule has 0 saturated heterocycles. The van der Waals surface area contributed by atoms with Gasteiger partial charge in [-0.1, -0.05) is 11.8 Å². The molecule has 0 N–H and O–H groups in total. The average Bonchev–Trinajstić information content (AvgIpc) is 2.46. The van der Waals surface area contributed by atoms with E-state index in [0.29, 0.717) is 16.5 Å². The molecule has 2 aromatic rings. The van der Waals surface area contributed by atoms with Crippen LogP contribution in [0.5, 0.6) is 5.75 Å². The minimum absolute atomic E-state index is 0.0526. The van der Waals surface area contributed by atoms with Crippen LogP contribution in [-0.4, -0.2) is 28.6 Å². The van der Waals surface area contributed by atoms with Gasteiger partial charge in [-0.3, -0.25) is 4.79 Å². The van der Waals surface area contributed by atoms with Crippen molar-refractivity contribution in [1.29, 1.82) is 0 Å². The second-order valence-corrected chi connectivity index (χ2v) is 4.93. The Morgan fingerprint density at radius 2 is 1.84 bits per heavy atom. The normalized spacial score (nSPS) is 10.2. The van der Waals surface area contributed by atoms with Crippen molar-refractivity contribution in [3.05, 3.63) is 47.8 Å². The van der Waals surface area contributed by atoms with E-state index in [1.54, 1.807) is 43.8 Å². The Morgan fingerprint density at radius 3 is 2.42 bits per heavy atom. The Hall–Kier alpha value is -1.88. The zero-order chi connectivity index (χ0) is 13.7. The molecule has 1 heterocycles. The third kappa shape index (κ3) is 3.79. The van der Waals surface area contributed by atoms with E-state index in [2.05, 4.69) is 9.97 Å². The van der Waals surface area contributed by atoms with E-state index >= 15 is 0 Å². The van der Waals surface area contributed by atoms with Gasteiger partial charge >= 0.3 is 0 Å². The Balaban J connectivity index is 1.95. The Morgan fingerprint density at radius 1 is 1.21 bits per heavy atom. The summed E-state index contributed by atoms with van der Waals surface area (Å²) in [5.74, 6) is 1.12. The predicted molar refractivity (Wildman–Crippen MR) is 74.8 cm³/mol. The molecular weight excluding hydrogens is 260 g/mol. The predicted octanol–water partition coefficient (Wildman–Crippen LogP) is 2.77. The molecule has 98 valence electrons. The fourth-order valence-electron chi connectivity index (χ4n) is 1.45. The Labute approximate surface area is 116 Å². The molecule has 19 heavy (non-hydrogen) atoms. The molecule has 0 aliphatic rings. The fraction of sp³-hybridized carbons (Fsp3) is 0.214. The molecule has 0 bridgehead atoms. The molecule has 0 atom stereocenters. The first-order valence-electron chi connectivity index (χ1n) is 5.78. The van der Waals surface area contributed by atoms with Crippen LogP contribution in [0.1, 0.15) is 15.9 Å². The monoisotopic (exact) mass is 274 g/mol. The summed E-state index contributed by atoms with van der Waals surface area (Å²) >= 11 is 1.34. The molecule has 4 nitrogen and oxygen atoms in total. The summed E-state index contributed by atoms with van der Waals surface area (Å²) in [5.41, 5.74) is 1.67. The van der Waals surface area contributed by atoms with Crippen LogP contribution in [0.3, 0.4) is 0 Å². The number of methoxy groups -OCH3 is 1. The van der Waals surface area contributed by atoms with Crippen molar-refractivity contribution in [1.82, 2.24) is 9.97 Å². The summed E-state index contributed by atoms with van der Waals surface area (Å²) in [6, 6.07) is 7.08. The number of Topliss-reactive ketones (excluding diaryl/α,β-unsaturated/α-hetero) is 1. The third-order valence-electron chi connectivity index (χ3n) is 2.50. The van der Waals surface area contributed by atoms with E-state index in [1.807, 2.05) is 6.92 Å². The van der Waals surface area contributed by atoms with Gasteiger partial charge in [0.15, 0.2) is 10.9 Å². The van der Waals surface area contributed by atoms with Gasteiger partial charge in [-0.05, 0) is 36.8 Å². The lowest BCUT2D eigenvalue weighted by Gasteiger charge is -2.02. The van der Waals surface area contributed by atoms with Crippen molar-refractivity contribution < 1.29 is 9.53 Å². The zero-order valence-corrected chi connectivity index (χ0v) is 11.6. The first-order valence-corrected chi connectivity index (χ1v) is 6.76.